The number of carbonyl (C=O) groups excluding carboxylic acids is 1. The molecular formula is C23H20O2. The third-order valence-electron chi connectivity index (χ3n) is 4.80. The molecule has 0 radical (unpaired) electrons. The zero-order valence-electron chi connectivity index (χ0n) is 14.3. The molecular weight excluding hydrogens is 308 g/mol. The van der Waals surface area contributed by atoms with E-state index in [2.05, 4.69) is 42.5 Å². The first-order chi connectivity index (χ1) is 12.3. The third-order valence-corrected chi connectivity index (χ3v) is 4.80. The van der Waals surface area contributed by atoms with E-state index in [1.54, 1.807) is 0 Å². The second kappa shape index (κ2) is 6.56. The molecule has 0 fully saturated rings. The molecule has 0 aliphatic heterocycles. The van der Waals surface area contributed by atoms with Gasteiger partial charge in [-0.25, -0.2) is 4.79 Å². The van der Waals surface area contributed by atoms with Gasteiger partial charge in [-0.15, -0.1) is 0 Å². The summed E-state index contributed by atoms with van der Waals surface area (Å²) in [4.78, 5) is 12.5. The van der Waals surface area contributed by atoms with E-state index in [1.165, 1.54) is 27.5 Å². The number of benzene rings is 3. The SMILES string of the molecule is CCOC(=O)/C1=C/c2c(ccc3ccccc23)Cc2ccccc2C1. The molecule has 0 spiro atoms. The predicted octanol–water partition coefficient (Wildman–Crippen LogP) is 4.93. The van der Waals surface area contributed by atoms with Crippen molar-refractivity contribution in [3.8, 4) is 0 Å². The first kappa shape index (κ1) is 15.6. The van der Waals surface area contributed by atoms with Crippen molar-refractivity contribution in [1.29, 1.82) is 0 Å². The van der Waals surface area contributed by atoms with Crippen LogP contribution in [0, 0.1) is 0 Å². The highest BCUT2D eigenvalue weighted by Crippen LogP contribution is 2.31. The Bertz CT molecular complexity index is 982. The Morgan fingerprint density at radius 3 is 2.40 bits per heavy atom. The van der Waals surface area contributed by atoms with Gasteiger partial charge in [0, 0.05) is 12.0 Å². The Morgan fingerprint density at radius 2 is 1.60 bits per heavy atom. The normalized spacial score (nSPS) is 15.3. The lowest BCUT2D eigenvalue weighted by Crippen LogP contribution is -2.13. The highest BCUT2D eigenvalue weighted by atomic mass is 16.5. The van der Waals surface area contributed by atoms with Gasteiger partial charge in [-0.1, -0.05) is 60.7 Å². The fourth-order valence-electron chi connectivity index (χ4n) is 3.56. The first-order valence-electron chi connectivity index (χ1n) is 8.71. The van der Waals surface area contributed by atoms with E-state index in [9.17, 15) is 4.79 Å². The van der Waals surface area contributed by atoms with Crippen LogP contribution >= 0.6 is 0 Å². The van der Waals surface area contributed by atoms with Crippen LogP contribution in [0.25, 0.3) is 16.8 Å². The van der Waals surface area contributed by atoms with Crippen molar-refractivity contribution in [2.45, 2.75) is 19.8 Å². The van der Waals surface area contributed by atoms with Gasteiger partial charge in [0.05, 0.1) is 6.61 Å². The Hall–Kier alpha value is -2.87. The fourth-order valence-corrected chi connectivity index (χ4v) is 3.56. The molecule has 0 unspecified atom stereocenters. The van der Waals surface area contributed by atoms with Crippen molar-refractivity contribution in [2.75, 3.05) is 6.61 Å². The predicted molar refractivity (Wildman–Crippen MR) is 102 cm³/mol. The quantitative estimate of drug-likeness (QED) is 0.623. The molecule has 0 aromatic heterocycles. The Morgan fingerprint density at radius 1 is 0.880 bits per heavy atom. The van der Waals surface area contributed by atoms with Gasteiger partial charge in [0.1, 0.15) is 0 Å². The van der Waals surface area contributed by atoms with Crippen LogP contribution in [0.1, 0.15) is 29.2 Å². The number of rotatable bonds is 2. The maximum absolute atomic E-state index is 12.5. The van der Waals surface area contributed by atoms with Gasteiger partial charge in [-0.05, 0) is 52.4 Å². The molecule has 0 N–H and O–H groups in total. The minimum atomic E-state index is -0.224. The number of ether oxygens (including phenoxy) is 1. The summed E-state index contributed by atoms with van der Waals surface area (Å²) in [6.07, 6.45) is 3.52. The minimum Gasteiger partial charge on any atom is -0.463 e. The highest BCUT2D eigenvalue weighted by molar-refractivity contribution is 6.00. The molecule has 2 nitrogen and oxygen atoms in total. The molecule has 0 atom stereocenters. The summed E-state index contributed by atoms with van der Waals surface area (Å²) < 4.78 is 5.31. The molecule has 1 aliphatic carbocycles. The van der Waals surface area contributed by atoms with Crippen molar-refractivity contribution in [3.63, 3.8) is 0 Å². The molecule has 0 saturated heterocycles. The molecule has 25 heavy (non-hydrogen) atoms. The van der Waals surface area contributed by atoms with Crippen molar-refractivity contribution in [1.82, 2.24) is 0 Å². The number of hydrogen-bond acceptors (Lipinski definition) is 2. The summed E-state index contributed by atoms with van der Waals surface area (Å²) in [6.45, 7) is 2.24. The standard InChI is InChI=1S/C23H20O2/c1-2-25-23(24)20-14-18-9-4-3-8-17(18)13-19-12-11-16-7-5-6-10-21(16)22(19)15-20/h3-12,15H,2,13-14H2,1H3/b20-15+. The lowest BCUT2D eigenvalue weighted by molar-refractivity contribution is -0.138. The Balaban J connectivity index is 1.96. The maximum atomic E-state index is 12.5. The van der Waals surface area contributed by atoms with Crippen LogP contribution in [0.5, 0.6) is 0 Å². The third kappa shape index (κ3) is 2.96. The molecule has 0 bridgehead atoms. The van der Waals surface area contributed by atoms with Crippen molar-refractivity contribution < 1.29 is 9.53 Å². The summed E-state index contributed by atoms with van der Waals surface area (Å²) in [5.74, 6) is -0.224. The van der Waals surface area contributed by atoms with Gasteiger partial charge >= 0.3 is 5.97 Å². The first-order valence-corrected chi connectivity index (χ1v) is 8.71. The van der Waals surface area contributed by atoms with Gasteiger partial charge in [0.2, 0.25) is 0 Å². The van der Waals surface area contributed by atoms with E-state index in [0.717, 1.165) is 12.0 Å². The second-order valence-electron chi connectivity index (χ2n) is 6.37. The van der Waals surface area contributed by atoms with Crippen LogP contribution in [-0.2, 0) is 22.4 Å². The molecule has 0 amide bonds. The number of esters is 1. The molecule has 1 aliphatic rings. The van der Waals surface area contributed by atoms with E-state index in [-0.39, 0.29) is 5.97 Å². The highest BCUT2D eigenvalue weighted by Gasteiger charge is 2.19. The molecule has 0 heterocycles. The van der Waals surface area contributed by atoms with Gasteiger partial charge in [0.15, 0.2) is 0 Å². The van der Waals surface area contributed by atoms with Gasteiger partial charge in [-0.2, -0.15) is 0 Å². The summed E-state index contributed by atoms with van der Waals surface area (Å²) in [7, 11) is 0. The maximum Gasteiger partial charge on any atom is 0.334 e. The number of carbonyl (C=O) groups is 1. The van der Waals surface area contributed by atoms with Crippen molar-refractivity contribution >= 4 is 22.8 Å². The number of fused-ring (bicyclic) bond motifs is 4. The Kier molecular flexibility index (Phi) is 4.10. The fraction of sp³-hybridized carbons (Fsp3) is 0.174. The lowest BCUT2D eigenvalue weighted by atomic mass is 9.87. The zero-order valence-corrected chi connectivity index (χ0v) is 14.3. The summed E-state index contributed by atoms with van der Waals surface area (Å²) >= 11 is 0. The van der Waals surface area contributed by atoms with E-state index < -0.39 is 0 Å². The molecule has 4 rings (SSSR count). The summed E-state index contributed by atoms with van der Waals surface area (Å²) in [5.41, 5.74) is 5.56. The molecule has 124 valence electrons. The van der Waals surface area contributed by atoms with Crippen LogP contribution in [0.2, 0.25) is 0 Å². The molecule has 2 heteroatoms. The van der Waals surface area contributed by atoms with Crippen molar-refractivity contribution in [3.05, 3.63) is 88.5 Å². The van der Waals surface area contributed by atoms with Crippen LogP contribution in [0.4, 0.5) is 0 Å². The minimum absolute atomic E-state index is 0.224. The lowest BCUT2D eigenvalue weighted by Gasteiger charge is -2.18. The smallest absolute Gasteiger partial charge is 0.334 e. The van der Waals surface area contributed by atoms with E-state index in [0.29, 0.717) is 18.6 Å². The zero-order chi connectivity index (χ0) is 17.2. The average Bonchev–Trinajstić information content (AvgIpc) is 2.62. The van der Waals surface area contributed by atoms with E-state index in [1.807, 2.05) is 31.2 Å². The van der Waals surface area contributed by atoms with Gasteiger partial charge in [-0.3, -0.25) is 0 Å². The van der Waals surface area contributed by atoms with Crippen LogP contribution < -0.4 is 0 Å². The summed E-state index contributed by atoms with van der Waals surface area (Å²) in [5, 5.41) is 2.37. The van der Waals surface area contributed by atoms with Gasteiger partial charge in [0.25, 0.3) is 0 Å². The largest absolute Gasteiger partial charge is 0.463 e. The van der Waals surface area contributed by atoms with Crippen LogP contribution in [0.3, 0.4) is 0 Å². The average molecular weight is 328 g/mol. The van der Waals surface area contributed by atoms with E-state index in [4.69, 9.17) is 4.74 Å². The molecule has 0 saturated carbocycles. The monoisotopic (exact) mass is 328 g/mol. The number of hydrogen-bond donors (Lipinski definition) is 0. The van der Waals surface area contributed by atoms with Crippen molar-refractivity contribution in [2.24, 2.45) is 0 Å². The summed E-state index contributed by atoms with van der Waals surface area (Å²) in [6, 6.07) is 21.0. The Labute approximate surface area is 147 Å². The molecule has 3 aromatic rings. The second-order valence-corrected chi connectivity index (χ2v) is 6.37. The topological polar surface area (TPSA) is 26.3 Å². The molecule has 3 aromatic carbocycles. The van der Waals surface area contributed by atoms with Crippen LogP contribution in [-0.4, -0.2) is 12.6 Å². The van der Waals surface area contributed by atoms with E-state index >= 15 is 0 Å². The van der Waals surface area contributed by atoms with Crippen LogP contribution in [0.15, 0.2) is 66.2 Å². The van der Waals surface area contributed by atoms with Gasteiger partial charge < -0.3 is 4.74 Å².